The fraction of sp³-hybridized carbons (Fsp3) is 0.720. The SMILES string of the molecule is CCCS(=O)(=O)N1CCN(C2(CNC(=O)c3ccc(C)cc3C3CC3)CCC(F)(F)CC2)CC1. The van der Waals surface area contributed by atoms with Crippen LogP contribution in [-0.2, 0) is 10.0 Å². The fourth-order valence-electron chi connectivity index (χ4n) is 5.47. The summed E-state index contributed by atoms with van der Waals surface area (Å²) in [4.78, 5) is 15.3. The standard InChI is InChI=1S/C25H37F2N3O3S/c1-3-16-34(32,33)30-14-12-29(13-15-30)24(8-10-25(26,27)11-9-24)18-28-23(31)21-7-4-19(2)17-22(21)20-5-6-20/h4,7,17,20H,3,5-6,8-16,18H2,1-2H3,(H,28,31). The van der Waals surface area contributed by atoms with E-state index in [1.807, 2.05) is 26.0 Å². The van der Waals surface area contributed by atoms with Crippen molar-refractivity contribution in [1.29, 1.82) is 0 Å². The second-order valence-corrected chi connectivity index (χ2v) is 12.4. The van der Waals surface area contributed by atoms with Crippen LogP contribution in [0, 0.1) is 6.92 Å². The number of nitrogens with one attached hydrogen (secondary N) is 1. The van der Waals surface area contributed by atoms with Crippen molar-refractivity contribution in [3.8, 4) is 0 Å². The molecule has 0 atom stereocenters. The minimum Gasteiger partial charge on any atom is -0.350 e. The molecule has 9 heteroatoms. The van der Waals surface area contributed by atoms with Gasteiger partial charge >= 0.3 is 0 Å². The van der Waals surface area contributed by atoms with Gasteiger partial charge in [-0.05, 0) is 56.6 Å². The Morgan fingerprint density at radius 1 is 1.09 bits per heavy atom. The van der Waals surface area contributed by atoms with E-state index in [9.17, 15) is 22.0 Å². The second kappa shape index (κ2) is 9.82. The van der Waals surface area contributed by atoms with Gasteiger partial charge in [-0.25, -0.2) is 17.2 Å². The molecule has 0 radical (unpaired) electrons. The highest BCUT2D eigenvalue weighted by molar-refractivity contribution is 7.89. The number of hydrogen-bond acceptors (Lipinski definition) is 4. The highest BCUT2D eigenvalue weighted by Crippen LogP contribution is 2.43. The van der Waals surface area contributed by atoms with E-state index in [-0.39, 0.29) is 37.3 Å². The summed E-state index contributed by atoms with van der Waals surface area (Å²) >= 11 is 0. The molecule has 1 aromatic rings. The molecule has 1 N–H and O–H groups in total. The number of hydrogen-bond donors (Lipinski definition) is 1. The average Bonchev–Trinajstić information content (AvgIpc) is 3.64. The van der Waals surface area contributed by atoms with Crippen molar-refractivity contribution in [1.82, 2.24) is 14.5 Å². The van der Waals surface area contributed by atoms with Crippen LogP contribution in [0.3, 0.4) is 0 Å². The Hall–Kier alpha value is -1.58. The van der Waals surface area contributed by atoms with Gasteiger partial charge in [-0.1, -0.05) is 24.6 Å². The number of alkyl halides is 2. The summed E-state index contributed by atoms with van der Waals surface area (Å²) in [6.45, 7) is 5.85. The van der Waals surface area contributed by atoms with Crippen molar-refractivity contribution < 1.29 is 22.0 Å². The number of aryl methyl sites for hydroxylation is 1. The van der Waals surface area contributed by atoms with Crippen LogP contribution >= 0.6 is 0 Å². The predicted molar refractivity (Wildman–Crippen MR) is 129 cm³/mol. The minimum absolute atomic E-state index is 0.125. The number of sulfonamides is 1. The third-order valence-electron chi connectivity index (χ3n) is 7.72. The Labute approximate surface area is 202 Å². The monoisotopic (exact) mass is 497 g/mol. The zero-order chi connectivity index (χ0) is 24.6. The lowest BCUT2D eigenvalue weighted by atomic mass is 9.78. The van der Waals surface area contributed by atoms with Crippen LogP contribution in [-0.4, -0.2) is 73.5 Å². The van der Waals surface area contributed by atoms with E-state index in [0.717, 1.165) is 24.0 Å². The van der Waals surface area contributed by atoms with E-state index < -0.39 is 21.5 Å². The molecule has 1 aliphatic heterocycles. The van der Waals surface area contributed by atoms with Crippen LogP contribution in [0.5, 0.6) is 0 Å². The van der Waals surface area contributed by atoms with Crippen LogP contribution in [0.1, 0.15) is 79.3 Å². The van der Waals surface area contributed by atoms with Crippen molar-refractivity contribution >= 4 is 15.9 Å². The first kappa shape index (κ1) is 25.5. The molecule has 1 saturated heterocycles. The van der Waals surface area contributed by atoms with Crippen LogP contribution in [0.25, 0.3) is 0 Å². The summed E-state index contributed by atoms with van der Waals surface area (Å²) in [5.41, 5.74) is 2.30. The maximum absolute atomic E-state index is 14.1. The molecular formula is C25H37F2N3O3S. The van der Waals surface area contributed by atoms with Gasteiger partial charge in [0.1, 0.15) is 0 Å². The number of carbonyl (C=O) groups is 1. The second-order valence-electron chi connectivity index (χ2n) is 10.3. The highest BCUT2D eigenvalue weighted by atomic mass is 32.2. The van der Waals surface area contributed by atoms with Gasteiger partial charge in [-0.3, -0.25) is 9.69 Å². The van der Waals surface area contributed by atoms with Gasteiger partial charge in [0, 0.05) is 56.7 Å². The van der Waals surface area contributed by atoms with Gasteiger partial charge < -0.3 is 5.32 Å². The van der Waals surface area contributed by atoms with E-state index in [1.54, 1.807) is 0 Å². The zero-order valence-corrected chi connectivity index (χ0v) is 21.1. The highest BCUT2D eigenvalue weighted by Gasteiger charge is 2.47. The summed E-state index contributed by atoms with van der Waals surface area (Å²) < 4.78 is 54.6. The zero-order valence-electron chi connectivity index (χ0n) is 20.3. The number of rotatable bonds is 8. The first-order chi connectivity index (χ1) is 16.1. The molecule has 1 aromatic carbocycles. The fourth-order valence-corrected chi connectivity index (χ4v) is 6.97. The smallest absolute Gasteiger partial charge is 0.251 e. The van der Waals surface area contributed by atoms with E-state index in [4.69, 9.17) is 0 Å². The average molecular weight is 498 g/mol. The number of halogens is 2. The number of carbonyl (C=O) groups excluding carboxylic acids is 1. The van der Waals surface area contributed by atoms with Gasteiger partial charge in [-0.2, -0.15) is 4.31 Å². The molecule has 0 bridgehead atoms. The normalized spacial score (nSPS) is 23.5. The molecule has 6 nitrogen and oxygen atoms in total. The van der Waals surface area contributed by atoms with Crippen molar-refractivity contribution in [2.24, 2.45) is 0 Å². The number of benzene rings is 1. The lowest BCUT2D eigenvalue weighted by molar-refractivity contribution is -0.0856. The van der Waals surface area contributed by atoms with Gasteiger partial charge in [0.15, 0.2) is 0 Å². The van der Waals surface area contributed by atoms with Crippen LogP contribution in [0.4, 0.5) is 8.78 Å². The van der Waals surface area contributed by atoms with Crippen molar-refractivity contribution in [3.63, 3.8) is 0 Å². The largest absolute Gasteiger partial charge is 0.350 e. The Balaban J connectivity index is 1.47. The summed E-state index contributed by atoms with van der Waals surface area (Å²) in [7, 11) is -3.28. The lowest BCUT2D eigenvalue weighted by Crippen LogP contribution is -2.63. The maximum atomic E-state index is 14.1. The van der Waals surface area contributed by atoms with E-state index in [1.165, 1.54) is 4.31 Å². The molecule has 0 unspecified atom stereocenters. The van der Waals surface area contributed by atoms with E-state index >= 15 is 0 Å². The van der Waals surface area contributed by atoms with E-state index in [0.29, 0.717) is 50.6 Å². The topological polar surface area (TPSA) is 69.7 Å². The van der Waals surface area contributed by atoms with Crippen LogP contribution in [0.2, 0.25) is 0 Å². The number of piperazine rings is 1. The minimum atomic E-state index is -3.28. The molecule has 3 aliphatic rings. The summed E-state index contributed by atoms with van der Waals surface area (Å²) in [5.74, 6) is -2.28. The number of nitrogens with zero attached hydrogens (tertiary/aromatic N) is 2. The first-order valence-corrected chi connectivity index (χ1v) is 14.2. The molecule has 4 rings (SSSR count). The molecular weight excluding hydrogens is 460 g/mol. The van der Waals surface area contributed by atoms with Gasteiger partial charge in [-0.15, -0.1) is 0 Å². The first-order valence-electron chi connectivity index (χ1n) is 12.5. The quantitative estimate of drug-likeness (QED) is 0.591. The Morgan fingerprint density at radius 2 is 1.74 bits per heavy atom. The van der Waals surface area contributed by atoms with Crippen molar-refractivity contribution in [2.45, 2.75) is 76.2 Å². The Bertz CT molecular complexity index is 993. The van der Waals surface area contributed by atoms with E-state index in [2.05, 4.69) is 16.3 Å². The van der Waals surface area contributed by atoms with Gasteiger partial charge in [0.05, 0.1) is 5.75 Å². The third-order valence-corrected chi connectivity index (χ3v) is 9.80. The molecule has 1 heterocycles. The van der Waals surface area contributed by atoms with Crippen LogP contribution in [0.15, 0.2) is 18.2 Å². The molecule has 0 aromatic heterocycles. The summed E-state index contributed by atoms with van der Waals surface area (Å²) in [5, 5.41) is 3.08. The van der Waals surface area contributed by atoms with Crippen LogP contribution < -0.4 is 5.32 Å². The molecule has 34 heavy (non-hydrogen) atoms. The summed E-state index contributed by atoms with van der Waals surface area (Å²) in [6, 6.07) is 5.89. The predicted octanol–water partition coefficient (Wildman–Crippen LogP) is 3.91. The summed E-state index contributed by atoms with van der Waals surface area (Å²) in [6.07, 6.45) is 2.89. The Kier molecular flexibility index (Phi) is 7.37. The van der Waals surface area contributed by atoms with Crippen molar-refractivity contribution in [3.05, 3.63) is 34.9 Å². The lowest BCUT2D eigenvalue weighted by Gasteiger charge is -2.50. The molecule has 190 valence electrons. The molecule has 2 aliphatic carbocycles. The molecule has 0 spiro atoms. The third kappa shape index (κ3) is 5.62. The maximum Gasteiger partial charge on any atom is 0.251 e. The molecule has 2 saturated carbocycles. The van der Waals surface area contributed by atoms with Crippen molar-refractivity contribution in [2.75, 3.05) is 38.5 Å². The van der Waals surface area contributed by atoms with Gasteiger partial charge in [0.2, 0.25) is 15.9 Å². The van der Waals surface area contributed by atoms with Gasteiger partial charge in [0.25, 0.3) is 5.91 Å². The molecule has 1 amide bonds. The number of amides is 1. The Morgan fingerprint density at radius 3 is 2.32 bits per heavy atom. The molecule has 3 fully saturated rings.